The minimum absolute atomic E-state index is 0.153. The van der Waals surface area contributed by atoms with E-state index in [1.807, 2.05) is 24.3 Å². The quantitative estimate of drug-likeness (QED) is 0.788. The highest BCUT2D eigenvalue weighted by molar-refractivity contribution is 5.60. The Morgan fingerprint density at radius 2 is 1.92 bits per heavy atom. The van der Waals surface area contributed by atoms with Gasteiger partial charge in [0.2, 0.25) is 0 Å². The molecule has 3 aliphatic rings. The maximum atomic E-state index is 9.91. The molecular formula is C17H18N6O. The first-order valence-electron chi connectivity index (χ1n) is 8.14. The monoisotopic (exact) mass is 322 g/mol. The summed E-state index contributed by atoms with van der Waals surface area (Å²) < 4.78 is 1.77. The lowest BCUT2D eigenvalue weighted by atomic mass is 9.63. The first-order valence-corrected chi connectivity index (χ1v) is 8.14. The molecule has 1 N–H and O–H groups in total. The van der Waals surface area contributed by atoms with Crippen molar-refractivity contribution in [1.82, 2.24) is 24.8 Å². The van der Waals surface area contributed by atoms with Gasteiger partial charge in [-0.3, -0.25) is 4.98 Å². The fourth-order valence-electron chi connectivity index (χ4n) is 4.51. The van der Waals surface area contributed by atoms with Crippen molar-refractivity contribution in [2.75, 3.05) is 18.1 Å². The third kappa shape index (κ3) is 1.76. The molecule has 1 saturated carbocycles. The maximum absolute atomic E-state index is 9.91. The molecule has 24 heavy (non-hydrogen) atoms. The van der Waals surface area contributed by atoms with E-state index < -0.39 is 0 Å². The SMILES string of the molecule is CC12CN(c3ccc4nnc(-c5ccncc5)n4n3)C(CO)(C1)C2. The van der Waals surface area contributed by atoms with E-state index in [4.69, 9.17) is 5.10 Å². The van der Waals surface area contributed by atoms with Crippen molar-refractivity contribution in [3.8, 4) is 11.4 Å². The van der Waals surface area contributed by atoms with Gasteiger partial charge in [-0.25, -0.2) is 0 Å². The van der Waals surface area contributed by atoms with E-state index in [2.05, 4.69) is 27.0 Å². The van der Waals surface area contributed by atoms with Crippen LogP contribution < -0.4 is 4.90 Å². The topological polar surface area (TPSA) is 79.4 Å². The molecule has 2 saturated heterocycles. The van der Waals surface area contributed by atoms with E-state index in [-0.39, 0.29) is 12.1 Å². The highest BCUT2D eigenvalue weighted by Crippen LogP contribution is 2.59. The van der Waals surface area contributed by atoms with Crippen LogP contribution in [0.3, 0.4) is 0 Å². The summed E-state index contributed by atoms with van der Waals surface area (Å²) in [5.41, 5.74) is 1.78. The van der Waals surface area contributed by atoms with Crippen molar-refractivity contribution >= 4 is 11.5 Å². The molecule has 3 aromatic heterocycles. The van der Waals surface area contributed by atoms with Gasteiger partial charge in [0, 0.05) is 24.5 Å². The summed E-state index contributed by atoms with van der Waals surface area (Å²) in [5.74, 6) is 1.57. The zero-order valence-corrected chi connectivity index (χ0v) is 13.4. The lowest BCUT2D eigenvalue weighted by molar-refractivity contribution is 0.0757. The standard InChI is InChI=1S/C17H18N6O/c1-16-8-17(9-16,11-24)22(10-16)14-3-2-13-19-20-15(23(13)21-14)12-4-6-18-7-5-12/h2-7,24H,8-11H2,1H3. The van der Waals surface area contributed by atoms with E-state index in [1.165, 1.54) is 0 Å². The van der Waals surface area contributed by atoms with Crippen molar-refractivity contribution in [1.29, 1.82) is 0 Å². The molecular weight excluding hydrogens is 304 g/mol. The van der Waals surface area contributed by atoms with E-state index >= 15 is 0 Å². The molecule has 0 radical (unpaired) electrons. The van der Waals surface area contributed by atoms with Crippen LogP contribution in [-0.2, 0) is 0 Å². The van der Waals surface area contributed by atoms with Gasteiger partial charge in [-0.1, -0.05) is 6.92 Å². The van der Waals surface area contributed by atoms with Gasteiger partial charge < -0.3 is 10.0 Å². The average molecular weight is 322 g/mol. The Balaban J connectivity index is 1.62. The highest BCUT2D eigenvalue weighted by Gasteiger charge is 2.63. The number of aliphatic hydroxyl groups excluding tert-OH is 1. The maximum Gasteiger partial charge on any atom is 0.185 e. The summed E-state index contributed by atoms with van der Waals surface area (Å²) in [7, 11) is 0. The molecule has 0 unspecified atom stereocenters. The Morgan fingerprint density at radius 3 is 2.67 bits per heavy atom. The molecule has 0 spiro atoms. The Kier molecular flexibility index (Phi) is 2.60. The predicted molar refractivity (Wildman–Crippen MR) is 88.5 cm³/mol. The predicted octanol–water partition coefficient (Wildman–Crippen LogP) is 1.54. The molecule has 6 rings (SSSR count). The molecule has 1 aliphatic carbocycles. The molecule has 0 aromatic carbocycles. The van der Waals surface area contributed by atoms with Crippen LogP contribution in [0.4, 0.5) is 5.82 Å². The zero-order chi connectivity index (χ0) is 16.4. The molecule has 3 fully saturated rings. The number of nitrogens with zero attached hydrogens (tertiary/aromatic N) is 6. The summed E-state index contributed by atoms with van der Waals surface area (Å²) in [6.07, 6.45) is 5.51. The van der Waals surface area contributed by atoms with Crippen LogP contribution in [0.25, 0.3) is 17.0 Å². The number of fused-ring (bicyclic) bond motifs is 2. The van der Waals surface area contributed by atoms with E-state index in [0.717, 1.165) is 30.8 Å². The van der Waals surface area contributed by atoms with Gasteiger partial charge in [-0.05, 0) is 42.5 Å². The summed E-state index contributed by atoms with van der Waals surface area (Å²) in [6, 6.07) is 7.70. The van der Waals surface area contributed by atoms with Gasteiger partial charge in [-0.15, -0.1) is 15.3 Å². The van der Waals surface area contributed by atoms with Gasteiger partial charge in [0.1, 0.15) is 5.82 Å². The Hall–Kier alpha value is -2.54. The Morgan fingerprint density at radius 1 is 1.12 bits per heavy atom. The molecule has 0 amide bonds. The lowest BCUT2D eigenvalue weighted by Gasteiger charge is -2.45. The largest absolute Gasteiger partial charge is 0.394 e. The normalized spacial score (nSPS) is 28.3. The molecule has 122 valence electrons. The van der Waals surface area contributed by atoms with Gasteiger partial charge >= 0.3 is 0 Å². The number of aromatic nitrogens is 5. The second-order valence-electron chi connectivity index (χ2n) is 7.35. The Bertz CT molecular complexity index is 915. The van der Waals surface area contributed by atoms with Crippen LogP contribution in [0.5, 0.6) is 0 Å². The number of anilines is 1. The van der Waals surface area contributed by atoms with Crippen molar-refractivity contribution in [3.63, 3.8) is 0 Å². The number of aliphatic hydroxyl groups is 1. The fraction of sp³-hybridized carbons (Fsp3) is 0.412. The minimum Gasteiger partial charge on any atom is -0.394 e. The summed E-state index contributed by atoms with van der Waals surface area (Å²) in [6.45, 7) is 3.38. The van der Waals surface area contributed by atoms with Crippen molar-refractivity contribution < 1.29 is 5.11 Å². The van der Waals surface area contributed by atoms with Gasteiger partial charge in [-0.2, -0.15) is 4.52 Å². The summed E-state index contributed by atoms with van der Waals surface area (Å²) in [5, 5.41) is 23.2. The van der Waals surface area contributed by atoms with E-state index in [9.17, 15) is 5.11 Å². The van der Waals surface area contributed by atoms with Crippen LogP contribution in [0.1, 0.15) is 19.8 Å². The Labute approximate surface area is 139 Å². The van der Waals surface area contributed by atoms with Crippen molar-refractivity contribution in [2.24, 2.45) is 5.41 Å². The van der Waals surface area contributed by atoms with Crippen molar-refractivity contribution in [2.45, 2.75) is 25.3 Å². The molecule has 5 heterocycles. The number of hydrogen-bond acceptors (Lipinski definition) is 6. The van der Waals surface area contributed by atoms with E-state index in [0.29, 0.717) is 16.9 Å². The van der Waals surface area contributed by atoms with E-state index in [1.54, 1.807) is 16.9 Å². The lowest BCUT2D eigenvalue weighted by Crippen LogP contribution is -2.51. The van der Waals surface area contributed by atoms with Gasteiger partial charge in [0.15, 0.2) is 11.5 Å². The average Bonchev–Trinajstić information content (AvgIpc) is 3.22. The smallest absolute Gasteiger partial charge is 0.185 e. The first-order chi connectivity index (χ1) is 11.6. The van der Waals surface area contributed by atoms with Crippen LogP contribution in [0.15, 0.2) is 36.7 Å². The van der Waals surface area contributed by atoms with Crippen molar-refractivity contribution in [3.05, 3.63) is 36.7 Å². The molecule has 7 heteroatoms. The summed E-state index contributed by atoms with van der Waals surface area (Å²) >= 11 is 0. The third-order valence-corrected chi connectivity index (χ3v) is 5.38. The molecule has 2 aliphatic heterocycles. The second kappa shape index (κ2) is 4.51. The van der Waals surface area contributed by atoms with Crippen LogP contribution in [0, 0.1) is 5.41 Å². The molecule has 3 aromatic rings. The molecule has 0 atom stereocenters. The zero-order valence-electron chi connectivity index (χ0n) is 13.4. The number of rotatable bonds is 3. The fourth-order valence-corrected chi connectivity index (χ4v) is 4.51. The van der Waals surface area contributed by atoms with Gasteiger partial charge in [0.05, 0.1) is 12.1 Å². The number of pyridine rings is 1. The first kappa shape index (κ1) is 13.9. The number of hydrogen-bond donors (Lipinski definition) is 1. The van der Waals surface area contributed by atoms with Crippen LogP contribution >= 0.6 is 0 Å². The van der Waals surface area contributed by atoms with Crippen LogP contribution in [-0.4, -0.2) is 48.6 Å². The molecule has 2 bridgehead atoms. The van der Waals surface area contributed by atoms with Crippen LogP contribution in [0.2, 0.25) is 0 Å². The second-order valence-corrected chi connectivity index (χ2v) is 7.35. The minimum atomic E-state index is -0.153. The molecule has 7 nitrogen and oxygen atoms in total. The third-order valence-electron chi connectivity index (χ3n) is 5.38. The summed E-state index contributed by atoms with van der Waals surface area (Å²) in [4.78, 5) is 6.30. The van der Waals surface area contributed by atoms with Gasteiger partial charge in [0.25, 0.3) is 0 Å². The highest BCUT2D eigenvalue weighted by atomic mass is 16.3.